The largest absolute Gasteiger partial charge is 0.0622 e. The molecule has 0 saturated carbocycles. The molecule has 0 unspecified atom stereocenters. The minimum Gasteiger partial charge on any atom is -0.0622 e. The smallest absolute Gasteiger partial charge is 0.00201 e. The van der Waals surface area contributed by atoms with Crippen molar-refractivity contribution in [1.82, 2.24) is 0 Å². The lowest BCUT2D eigenvalue weighted by atomic mass is 9.82. The van der Waals surface area contributed by atoms with E-state index >= 15 is 0 Å². The van der Waals surface area contributed by atoms with Crippen molar-refractivity contribution in [2.45, 2.75) is 0 Å². The van der Waals surface area contributed by atoms with Crippen LogP contribution in [-0.4, -0.2) is 0 Å². The van der Waals surface area contributed by atoms with Gasteiger partial charge in [-0.3, -0.25) is 0 Å². The summed E-state index contributed by atoms with van der Waals surface area (Å²) in [5.74, 6) is 0. The molecule has 10 aromatic rings. The van der Waals surface area contributed by atoms with E-state index in [1.807, 2.05) is 0 Å². The quantitative estimate of drug-likeness (QED) is 0.169. The van der Waals surface area contributed by atoms with Gasteiger partial charge in [-0.05, 0) is 104 Å². The molecule has 0 amide bonds. The Hall–Kier alpha value is -6.50. The van der Waals surface area contributed by atoms with Crippen molar-refractivity contribution < 1.29 is 0 Å². The highest BCUT2D eigenvalue weighted by atomic mass is 14.2. The predicted molar refractivity (Wildman–Crippen MR) is 216 cm³/mol. The van der Waals surface area contributed by atoms with E-state index in [2.05, 4.69) is 194 Å². The third-order valence-corrected chi connectivity index (χ3v) is 10.4. The van der Waals surface area contributed by atoms with Gasteiger partial charge in [-0.15, -0.1) is 0 Å². The molecule has 232 valence electrons. The molecule has 10 aromatic carbocycles. The molecular weight excluding hydrogens is 601 g/mol. The van der Waals surface area contributed by atoms with Gasteiger partial charge in [0.1, 0.15) is 0 Å². The normalized spacial score (nSPS) is 11.6. The summed E-state index contributed by atoms with van der Waals surface area (Å²) in [5.41, 5.74) is 10.0. The van der Waals surface area contributed by atoms with Gasteiger partial charge in [0.15, 0.2) is 0 Å². The number of hydrogen-bond donors (Lipinski definition) is 0. The summed E-state index contributed by atoms with van der Waals surface area (Å²) in [5, 5.41) is 12.6. The maximum absolute atomic E-state index is 2.37. The van der Waals surface area contributed by atoms with E-state index in [1.165, 1.54) is 98.4 Å². The molecule has 0 aromatic heterocycles. The van der Waals surface area contributed by atoms with E-state index in [0.29, 0.717) is 0 Å². The van der Waals surface area contributed by atoms with Gasteiger partial charge in [0, 0.05) is 0 Å². The molecule has 0 atom stereocenters. The molecule has 0 N–H and O–H groups in total. The van der Waals surface area contributed by atoms with Crippen LogP contribution in [0.1, 0.15) is 0 Å². The minimum atomic E-state index is 1.22. The minimum absolute atomic E-state index is 1.22. The zero-order valence-corrected chi connectivity index (χ0v) is 27.5. The summed E-state index contributed by atoms with van der Waals surface area (Å²) >= 11 is 0. The standard InChI is InChI=1S/C50H32/c1-2-15-35(16-3-1)39-25-13-27-45-47(31-30-46(49(39)45)40-26-12-19-34-17-6-7-20-38(34)40)50-43-23-10-8-21-41(43)48(42-22-9-11-24-44(42)50)37-29-28-33-14-4-5-18-36(33)32-37/h1-32H. The third kappa shape index (κ3) is 4.46. The second-order valence-corrected chi connectivity index (χ2v) is 13.2. The van der Waals surface area contributed by atoms with Crippen LogP contribution in [0.4, 0.5) is 0 Å². The van der Waals surface area contributed by atoms with Crippen LogP contribution < -0.4 is 0 Å². The zero-order valence-electron chi connectivity index (χ0n) is 27.5. The fraction of sp³-hybridized carbons (Fsp3) is 0. The molecule has 0 nitrogen and oxygen atoms in total. The van der Waals surface area contributed by atoms with Crippen LogP contribution in [0.3, 0.4) is 0 Å². The molecule has 0 heteroatoms. The first-order valence-corrected chi connectivity index (χ1v) is 17.4. The van der Waals surface area contributed by atoms with Crippen molar-refractivity contribution in [2.75, 3.05) is 0 Å². The van der Waals surface area contributed by atoms with E-state index in [0.717, 1.165) is 0 Å². The number of hydrogen-bond acceptors (Lipinski definition) is 0. The Morgan fingerprint density at radius 2 is 0.740 bits per heavy atom. The lowest BCUT2D eigenvalue weighted by Crippen LogP contribution is -1.94. The van der Waals surface area contributed by atoms with Crippen molar-refractivity contribution in [3.63, 3.8) is 0 Å². The molecule has 10 rings (SSSR count). The molecule has 0 fully saturated rings. The maximum atomic E-state index is 2.37. The van der Waals surface area contributed by atoms with Crippen LogP contribution in [0, 0.1) is 0 Å². The molecular formula is C50H32. The van der Waals surface area contributed by atoms with E-state index in [9.17, 15) is 0 Å². The molecule has 0 aliphatic heterocycles. The third-order valence-electron chi connectivity index (χ3n) is 10.4. The SMILES string of the molecule is c1ccc(-c2cccc3c(-c4c5ccccc5c(-c5ccc6ccccc6c5)c5ccccc45)ccc(-c4cccc5ccccc45)c23)cc1. The van der Waals surface area contributed by atoms with E-state index in [4.69, 9.17) is 0 Å². The lowest BCUT2D eigenvalue weighted by molar-refractivity contribution is 1.63. The van der Waals surface area contributed by atoms with Crippen LogP contribution in [-0.2, 0) is 0 Å². The first-order chi connectivity index (χ1) is 24.8. The Kier molecular flexibility index (Phi) is 6.60. The molecule has 0 spiro atoms. The Bertz CT molecular complexity index is 2850. The van der Waals surface area contributed by atoms with Gasteiger partial charge in [0.25, 0.3) is 0 Å². The number of rotatable bonds is 4. The van der Waals surface area contributed by atoms with Gasteiger partial charge in [-0.25, -0.2) is 0 Å². The Morgan fingerprint density at radius 3 is 1.48 bits per heavy atom. The summed E-state index contributed by atoms with van der Waals surface area (Å²) in [6.45, 7) is 0. The second kappa shape index (κ2) is 11.6. The Morgan fingerprint density at radius 1 is 0.220 bits per heavy atom. The molecule has 0 radical (unpaired) electrons. The van der Waals surface area contributed by atoms with Crippen LogP contribution in [0.25, 0.3) is 98.4 Å². The van der Waals surface area contributed by atoms with Gasteiger partial charge >= 0.3 is 0 Å². The zero-order chi connectivity index (χ0) is 33.0. The fourth-order valence-electron chi connectivity index (χ4n) is 8.24. The molecule has 0 bridgehead atoms. The highest BCUT2D eigenvalue weighted by Gasteiger charge is 2.21. The van der Waals surface area contributed by atoms with Crippen molar-refractivity contribution in [3.8, 4) is 44.5 Å². The number of benzene rings is 10. The average Bonchev–Trinajstić information content (AvgIpc) is 3.19. The monoisotopic (exact) mass is 632 g/mol. The number of fused-ring (bicyclic) bond motifs is 5. The summed E-state index contributed by atoms with van der Waals surface area (Å²) in [7, 11) is 0. The van der Waals surface area contributed by atoms with E-state index in [-0.39, 0.29) is 0 Å². The van der Waals surface area contributed by atoms with Crippen LogP contribution in [0.2, 0.25) is 0 Å². The lowest BCUT2D eigenvalue weighted by Gasteiger charge is -2.21. The van der Waals surface area contributed by atoms with Crippen LogP contribution >= 0.6 is 0 Å². The highest BCUT2D eigenvalue weighted by Crippen LogP contribution is 2.48. The van der Waals surface area contributed by atoms with Crippen molar-refractivity contribution in [2.24, 2.45) is 0 Å². The van der Waals surface area contributed by atoms with E-state index in [1.54, 1.807) is 0 Å². The second-order valence-electron chi connectivity index (χ2n) is 13.2. The first kappa shape index (κ1) is 28.5. The van der Waals surface area contributed by atoms with Crippen LogP contribution in [0.15, 0.2) is 194 Å². The predicted octanol–water partition coefficient (Wildman–Crippen LogP) is 14.1. The molecule has 0 aliphatic rings. The van der Waals surface area contributed by atoms with Gasteiger partial charge in [0.05, 0.1) is 0 Å². The summed E-state index contributed by atoms with van der Waals surface area (Å²) in [4.78, 5) is 0. The Labute approximate surface area is 291 Å². The van der Waals surface area contributed by atoms with Gasteiger partial charge in [0.2, 0.25) is 0 Å². The molecule has 0 heterocycles. The fourth-order valence-corrected chi connectivity index (χ4v) is 8.24. The summed E-state index contributed by atoms with van der Waals surface area (Å²) < 4.78 is 0. The first-order valence-electron chi connectivity index (χ1n) is 17.4. The molecule has 0 aliphatic carbocycles. The maximum Gasteiger partial charge on any atom is -0.00201 e. The summed E-state index contributed by atoms with van der Waals surface area (Å²) in [6.07, 6.45) is 0. The molecule has 0 saturated heterocycles. The van der Waals surface area contributed by atoms with Gasteiger partial charge < -0.3 is 0 Å². The van der Waals surface area contributed by atoms with Gasteiger partial charge in [-0.2, -0.15) is 0 Å². The van der Waals surface area contributed by atoms with Crippen molar-refractivity contribution in [3.05, 3.63) is 194 Å². The Balaban J connectivity index is 1.33. The van der Waals surface area contributed by atoms with Gasteiger partial charge in [-0.1, -0.05) is 188 Å². The average molecular weight is 633 g/mol. The molecule has 50 heavy (non-hydrogen) atoms. The van der Waals surface area contributed by atoms with Crippen LogP contribution in [0.5, 0.6) is 0 Å². The van der Waals surface area contributed by atoms with Crippen molar-refractivity contribution in [1.29, 1.82) is 0 Å². The topological polar surface area (TPSA) is 0 Å². The van der Waals surface area contributed by atoms with E-state index < -0.39 is 0 Å². The summed E-state index contributed by atoms with van der Waals surface area (Å²) in [6, 6.07) is 71.4. The highest BCUT2D eigenvalue weighted by molar-refractivity contribution is 6.25. The van der Waals surface area contributed by atoms with Crippen molar-refractivity contribution >= 4 is 53.9 Å².